The predicted octanol–water partition coefficient (Wildman–Crippen LogP) is 3.21. The van der Waals surface area contributed by atoms with Gasteiger partial charge in [0.1, 0.15) is 0 Å². The van der Waals surface area contributed by atoms with Gasteiger partial charge in [0.25, 0.3) is 5.91 Å². The SMILES string of the molecule is NC(=O)CN(CC(N)=O)C1CCN(C(=O)c2cc(C(F)(F)F)cc(C(F)(F)F)c2)C(Cc2ccccc2)C1. The van der Waals surface area contributed by atoms with Crippen molar-refractivity contribution in [1.82, 2.24) is 9.80 Å². The van der Waals surface area contributed by atoms with Gasteiger partial charge in [-0.1, -0.05) is 30.3 Å². The van der Waals surface area contributed by atoms with Gasteiger partial charge >= 0.3 is 12.4 Å². The van der Waals surface area contributed by atoms with Crippen molar-refractivity contribution in [3.63, 3.8) is 0 Å². The summed E-state index contributed by atoms with van der Waals surface area (Å²) in [7, 11) is 0. The number of hydrogen-bond donors (Lipinski definition) is 2. The highest BCUT2D eigenvalue weighted by molar-refractivity contribution is 5.95. The number of nitrogens with two attached hydrogens (primary N) is 2. The predicted molar refractivity (Wildman–Crippen MR) is 124 cm³/mol. The van der Waals surface area contributed by atoms with E-state index in [1.54, 1.807) is 30.3 Å². The zero-order valence-electron chi connectivity index (χ0n) is 20.1. The Hall–Kier alpha value is -3.61. The summed E-state index contributed by atoms with van der Waals surface area (Å²) in [5, 5.41) is 0. The van der Waals surface area contributed by atoms with Crippen LogP contribution in [0.2, 0.25) is 0 Å². The minimum Gasteiger partial charge on any atom is -0.369 e. The first kappa shape index (κ1) is 29.0. The summed E-state index contributed by atoms with van der Waals surface area (Å²) in [5.41, 5.74) is 7.47. The lowest BCUT2D eigenvalue weighted by Gasteiger charge is -2.43. The maximum Gasteiger partial charge on any atom is 0.416 e. The number of nitrogens with zero attached hydrogens (tertiary/aromatic N) is 2. The Morgan fingerprint density at radius 1 is 0.868 bits per heavy atom. The molecule has 1 saturated heterocycles. The Morgan fingerprint density at radius 2 is 1.39 bits per heavy atom. The largest absolute Gasteiger partial charge is 0.416 e. The average molecular weight is 544 g/mol. The van der Waals surface area contributed by atoms with Crippen LogP contribution in [-0.2, 0) is 28.4 Å². The molecule has 2 aromatic rings. The van der Waals surface area contributed by atoms with Crippen LogP contribution in [0.1, 0.15) is 39.9 Å². The van der Waals surface area contributed by atoms with E-state index in [-0.39, 0.29) is 45.0 Å². The number of benzene rings is 2. The minimum absolute atomic E-state index is 0.0317. The smallest absolute Gasteiger partial charge is 0.369 e. The first-order chi connectivity index (χ1) is 17.6. The fourth-order valence-electron chi connectivity index (χ4n) is 4.67. The number of hydrogen-bond acceptors (Lipinski definition) is 4. The molecule has 0 bridgehead atoms. The van der Waals surface area contributed by atoms with E-state index in [4.69, 9.17) is 11.5 Å². The molecule has 0 radical (unpaired) electrons. The van der Waals surface area contributed by atoms with Gasteiger partial charge in [0.05, 0.1) is 24.2 Å². The lowest BCUT2D eigenvalue weighted by Crippen LogP contribution is -2.55. The van der Waals surface area contributed by atoms with Crippen molar-refractivity contribution < 1.29 is 40.7 Å². The topological polar surface area (TPSA) is 110 Å². The normalized spacial score (nSPS) is 18.4. The van der Waals surface area contributed by atoms with Crippen molar-refractivity contribution in [2.45, 2.75) is 43.7 Å². The van der Waals surface area contributed by atoms with Gasteiger partial charge in [-0.3, -0.25) is 19.3 Å². The van der Waals surface area contributed by atoms with E-state index in [1.807, 2.05) is 0 Å². The summed E-state index contributed by atoms with van der Waals surface area (Å²) in [4.78, 5) is 39.3. The van der Waals surface area contributed by atoms with E-state index in [9.17, 15) is 40.7 Å². The van der Waals surface area contributed by atoms with Crippen molar-refractivity contribution in [3.8, 4) is 0 Å². The van der Waals surface area contributed by atoms with Crippen LogP contribution < -0.4 is 11.5 Å². The monoisotopic (exact) mass is 544 g/mol. The fourth-order valence-corrected chi connectivity index (χ4v) is 4.67. The summed E-state index contributed by atoms with van der Waals surface area (Å²) in [6.45, 7) is -0.628. The molecule has 4 N–H and O–H groups in total. The van der Waals surface area contributed by atoms with Crippen molar-refractivity contribution in [2.75, 3.05) is 19.6 Å². The molecule has 2 aromatic carbocycles. The number of amides is 3. The maximum absolute atomic E-state index is 13.4. The van der Waals surface area contributed by atoms with E-state index in [0.717, 1.165) is 5.56 Å². The number of carbonyl (C=O) groups is 3. The molecular weight excluding hydrogens is 518 g/mol. The first-order valence-electron chi connectivity index (χ1n) is 11.6. The van der Waals surface area contributed by atoms with Gasteiger partial charge in [0, 0.05) is 24.2 Å². The van der Waals surface area contributed by atoms with Crippen LogP contribution in [-0.4, -0.2) is 59.2 Å². The number of piperidine rings is 1. The van der Waals surface area contributed by atoms with Crippen molar-refractivity contribution in [1.29, 1.82) is 0 Å². The van der Waals surface area contributed by atoms with E-state index in [2.05, 4.69) is 0 Å². The Labute approximate surface area is 214 Å². The standard InChI is InChI=1S/C25H26F6N4O3/c26-24(27,28)17-9-16(10-18(11-17)25(29,30)31)23(38)35-7-6-19(34(13-21(32)36)14-22(33)37)12-20(35)8-15-4-2-1-3-5-15/h1-5,9-11,19-20H,6-8,12-14H2,(H2,32,36)(H2,33,37). The molecule has 1 aliphatic rings. The molecule has 3 amide bonds. The second kappa shape index (κ2) is 11.4. The molecule has 38 heavy (non-hydrogen) atoms. The summed E-state index contributed by atoms with van der Waals surface area (Å²) in [5.74, 6) is -2.42. The van der Waals surface area contributed by atoms with Gasteiger partial charge in [0.2, 0.25) is 11.8 Å². The molecule has 206 valence electrons. The van der Waals surface area contributed by atoms with Crippen LogP contribution in [0.4, 0.5) is 26.3 Å². The zero-order valence-corrected chi connectivity index (χ0v) is 20.1. The molecule has 1 fully saturated rings. The number of halogens is 6. The lowest BCUT2D eigenvalue weighted by molar-refractivity contribution is -0.143. The van der Waals surface area contributed by atoms with Crippen molar-refractivity contribution in [2.24, 2.45) is 11.5 Å². The highest BCUT2D eigenvalue weighted by Crippen LogP contribution is 2.37. The second-order valence-corrected chi connectivity index (χ2v) is 9.15. The van der Waals surface area contributed by atoms with Crippen LogP contribution in [0.3, 0.4) is 0 Å². The Bertz CT molecular complexity index is 1120. The van der Waals surface area contributed by atoms with Crippen LogP contribution in [0.25, 0.3) is 0 Å². The van der Waals surface area contributed by atoms with Gasteiger partial charge in [-0.05, 0) is 43.0 Å². The van der Waals surface area contributed by atoms with Crippen molar-refractivity contribution in [3.05, 3.63) is 70.8 Å². The number of primary amides is 2. The van der Waals surface area contributed by atoms with Crippen LogP contribution in [0, 0.1) is 0 Å². The molecule has 0 saturated carbocycles. The van der Waals surface area contributed by atoms with Crippen LogP contribution in [0.5, 0.6) is 0 Å². The maximum atomic E-state index is 13.4. The molecule has 7 nitrogen and oxygen atoms in total. The minimum atomic E-state index is -5.10. The van der Waals surface area contributed by atoms with Gasteiger partial charge < -0.3 is 16.4 Å². The summed E-state index contributed by atoms with van der Waals surface area (Å²) < 4.78 is 80.3. The molecule has 13 heteroatoms. The third-order valence-corrected chi connectivity index (χ3v) is 6.33. The molecular formula is C25H26F6N4O3. The Morgan fingerprint density at radius 3 is 1.87 bits per heavy atom. The number of likely N-dealkylation sites (tertiary alicyclic amines) is 1. The molecule has 1 aliphatic heterocycles. The van der Waals surface area contributed by atoms with Gasteiger partial charge in [-0.2, -0.15) is 26.3 Å². The van der Waals surface area contributed by atoms with Crippen molar-refractivity contribution >= 4 is 17.7 Å². The molecule has 0 spiro atoms. The highest BCUT2D eigenvalue weighted by Gasteiger charge is 2.40. The fraction of sp³-hybridized carbons (Fsp3) is 0.400. The number of carbonyl (C=O) groups excluding carboxylic acids is 3. The quantitative estimate of drug-likeness (QED) is 0.498. The first-order valence-corrected chi connectivity index (χ1v) is 11.6. The lowest BCUT2D eigenvalue weighted by atomic mass is 9.90. The van der Waals surface area contributed by atoms with Crippen LogP contribution >= 0.6 is 0 Å². The summed E-state index contributed by atoms with van der Waals surface area (Å²) in [6.07, 6.45) is -9.61. The zero-order chi connectivity index (χ0) is 28.3. The molecule has 2 unspecified atom stereocenters. The molecule has 1 heterocycles. The van der Waals surface area contributed by atoms with E-state index < -0.39 is 58.8 Å². The third kappa shape index (κ3) is 7.46. The Balaban J connectivity index is 1.98. The van der Waals surface area contributed by atoms with Gasteiger partial charge in [-0.15, -0.1) is 0 Å². The number of rotatable bonds is 8. The molecule has 0 aliphatic carbocycles. The van der Waals surface area contributed by atoms with Gasteiger partial charge in [-0.25, -0.2) is 0 Å². The van der Waals surface area contributed by atoms with E-state index >= 15 is 0 Å². The van der Waals surface area contributed by atoms with Gasteiger partial charge in [0.15, 0.2) is 0 Å². The molecule has 3 rings (SSSR count). The second-order valence-electron chi connectivity index (χ2n) is 9.15. The van der Waals surface area contributed by atoms with E-state index in [1.165, 1.54) is 9.80 Å². The van der Waals surface area contributed by atoms with Crippen LogP contribution in [0.15, 0.2) is 48.5 Å². The highest BCUT2D eigenvalue weighted by atomic mass is 19.4. The summed E-state index contributed by atoms with van der Waals surface area (Å²) >= 11 is 0. The average Bonchev–Trinajstić information content (AvgIpc) is 2.82. The third-order valence-electron chi connectivity index (χ3n) is 6.33. The summed E-state index contributed by atoms with van der Waals surface area (Å²) in [6, 6.07) is 8.47. The molecule has 0 aromatic heterocycles. The van der Waals surface area contributed by atoms with E-state index in [0.29, 0.717) is 12.1 Å². The molecule has 2 atom stereocenters. The Kier molecular flexibility index (Phi) is 8.70. The number of alkyl halides is 6.